The van der Waals surface area contributed by atoms with Crippen LogP contribution in [0, 0.1) is 6.92 Å². The van der Waals surface area contributed by atoms with Crippen molar-refractivity contribution in [2.45, 2.75) is 17.9 Å². The second-order valence-electron chi connectivity index (χ2n) is 6.17. The van der Waals surface area contributed by atoms with E-state index in [9.17, 15) is 13.2 Å². The first-order chi connectivity index (χ1) is 12.9. The van der Waals surface area contributed by atoms with Gasteiger partial charge in [-0.25, -0.2) is 4.79 Å². The quantitative estimate of drug-likeness (QED) is 0.729. The number of ether oxygens (including phenoxy) is 2. The molecule has 7 nitrogen and oxygen atoms in total. The first kappa shape index (κ1) is 19.3. The average molecular weight is 391 g/mol. The average Bonchev–Trinajstić information content (AvgIpc) is 2.68. The summed E-state index contributed by atoms with van der Waals surface area (Å²) in [7, 11) is -3.88. The van der Waals surface area contributed by atoms with Crippen molar-refractivity contribution >= 4 is 16.2 Å². The molecule has 1 heterocycles. The highest BCUT2D eigenvalue weighted by molar-refractivity contribution is 7.86. The van der Waals surface area contributed by atoms with Crippen molar-refractivity contribution in [3.63, 3.8) is 0 Å². The first-order valence-corrected chi connectivity index (χ1v) is 9.94. The van der Waals surface area contributed by atoms with Crippen LogP contribution in [0.1, 0.15) is 5.56 Å². The summed E-state index contributed by atoms with van der Waals surface area (Å²) < 4.78 is 40.4. The van der Waals surface area contributed by atoms with Crippen molar-refractivity contribution in [2.24, 2.45) is 0 Å². The van der Waals surface area contributed by atoms with Crippen molar-refractivity contribution < 1.29 is 26.9 Å². The highest BCUT2D eigenvalue weighted by Crippen LogP contribution is 2.16. The normalized spacial score (nSPS) is 17.5. The molecule has 2 aromatic carbocycles. The lowest BCUT2D eigenvalue weighted by Gasteiger charge is -2.31. The Morgan fingerprint density at radius 2 is 1.85 bits per heavy atom. The molecule has 1 aliphatic heterocycles. The van der Waals surface area contributed by atoms with Crippen molar-refractivity contribution in [1.82, 2.24) is 4.90 Å². The second-order valence-corrected chi connectivity index (χ2v) is 7.79. The minimum Gasteiger partial charge on any atom is -0.410 e. The lowest BCUT2D eigenvalue weighted by atomic mass is 10.2. The van der Waals surface area contributed by atoms with Gasteiger partial charge in [0.15, 0.2) is 0 Å². The number of benzene rings is 2. The van der Waals surface area contributed by atoms with Gasteiger partial charge in [0.1, 0.15) is 11.9 Å². The van der Waals surface area contributed by atoms with E-state index >= 15 is 0 Å². The fraction of sp³-hybridized carbons (Fsp3) is 0.316. The SMILES string of the molecule is Cc1ccc(S(=O)(=O)OCC2CN(C(=O)Oc3ccccc3)CCO2)cc1. The lowest BCUT2D eigenvalue weighted by molar-refractivity contribution is -0.0391. The molecule has 0 aliphatic carbocycles. The van der Waals surface area contributed by atoms with E-state index in [-0.39, 0.29) is 24.7 Å². The van der Waals surface area contributed by atoms with Gasteiger partial charge in [-0.1, -0.05) is 35.9 Å². The summed E-state index contributed by atoms with van der Waals surface area (Å²) in [5.74, 6) is 0.448. The molecule has 2 aromatic rings. The summed E-state index contributed by atoms with van der Waals surface area (Å²) >= 11 is 0. The van der Waals surface area contributed by atoms with Crippen LogP contribution in [0.5, 0.6) is 5.75 Å². The van der Waals surface area contributed by atoms with Crippen molar-refractivity contribution in [3.8, 4) is 5.75 Å². The number of amides is 1. The number of morpholine rings is 1. The number of nitrogens with zero attached hydrogens (tertiary/aromatic N) is 1. The molecule has 27 heavy (non-hydrogen) atoms. The van der Waals surface area contributed by atoms with Crippen LogP contribution in [-0.4, -0.2) is 51.8 Å². The van der Waals surface area contributed by atoms with Crippen LogP contribution in [-0.2, 0) is 19.0 Å². The molecule has 0 saturated carbocycles. The highest BCUT2D eigenvalue weighted by Gasteiger charge is 2.27. The Hall–Kier alpha value is -2.42. The maximum Gasteiger partial charge on any atom is 0.415 e. The third-order valence-corrected chi connectivity index (χ3v) is 5.36. The fourth-order valence-corrected chi connectivity index (χ4v) is 3.51. The predicted octanol–water partition coefficient (Wildman–Crippen LogP) is 2.60. The van der Waals surface area contributed by atoms with E-state index in [1.54, 1.807) is 36.4 Å². The van der Waals surface area contributed by atoms with Gasteiger partial charge >= 0.3 is 6.09 Å². The minimum atomic E-state index is -3.88. The van der Waals surface area contributed by atoms with Crippen LogP contribution in [0.4, 0.5) is 4.79 Å². The zero-order valence-corrected chi connectivity index (χ0v) is 15.7. The molecule has 0 radical (unpaired) electrons. The standard InChI is InChI=1S/C19H21NO6S/c1-15-7-9-18(10-8-15)27(22,23)25-14-17-13-20(11-12-24-17)19(21)26-16-5-3-2-4-6-16/h2-10,17H,11-14H2,1H3. The molecule has 0 aromatic heterocycles. The number of carbonyl (C=O) groups excluding carboxylic acids is 1. The van der Waals surface area contributed by atoms with Crippen LogP contribution in [0.2, 0.25) is 0 Å². The van der Waals surface area contributed by atoms with Gasteiger partial charge in [0, 0.05) is 6.54 Å². The summed E-state index contributed by atoms with van der Waals surface area (Å²) in [6.45, 7) is 2.53. The fourth-order valence-electron chi connectivity index (χ4n) is 2.58. The number of hydrogen-bond donors (Lipinski definition) is 0. The van der Waals surface area contributed by atoms with E-state index in [0.717, 1.165) is 5.56 Å². The summed E-state index contributed by atoms with van der Waals surface area (Å²) in [4.78, 5) is 13.8. The number of hydrogen-bond acceptors (Lipinski definition) is 6. The molecule has 1 atom stereocenters. The van der Waals surface area contributed by atoms with Crippen LogP contribution in [0.25, 0.3) is 0 Å². The zero-order valence-electron chi connectivity index (χ0n) is 14.9. The van der Waals surface area contributed by atoms with E-state index < -0.39 is 22.3 Å². The summed E-state index contributed by atoms with van der Waals surface area (Å²) in [6.07, 6.45) is -1.06. The maximum absolute atomic E-state index is 12.3. The lowest BCUT2D eigenvalue weighted by Crippen LogP contribution is -2.48. The van der Waals surface area contributed by atoms with E-state index in [4.69, 9.17) is 13.7 Å². The Bertz CT molecular complexity index is 867. The molecular weight excluding hydrogens is 370 g/mol. The summed E-state index contributed by atoms with van der Waals surface area (Å²) in [5, 5.41) is 0. The third-order valence-electron chi connectivity index (χ3n) is 4.06. The molecular formula is C19H21NO6S. The molecule has 1 amide bonds. The van der Waals surface area contributed by atoms with Gasteiger partial charge < -0.3 is 14.4 Å². The topological polar surface area (TPSA) is 82.1 Å². The Kier molecular flexibility index (Phi) is 6.10. The van der Waals surface area contributed by atoms with Crippen molar-refractivity contribution in [2.75, 3.05) is 26.3 Å². The monoisotopic (exact) mass is 391 g/mol. The molecule has 1 fully saturated rings. The minimum absolute atomic E-state index is 0.0873. The number of rotatable bonds is 5. The third kappa shape index (κ3) is 5.29. The van der Waals surface area contributed by atoms with Gasteiger partial charge in [0.2, 0.25) is 0 Å². The predicted molar refractivity (Wildman–Crippen MR) is 98.1 cm³/mol. The Morgan fingerprint density at radius 1 is 1.15 bits per heavy atom. The van der Waals surface area contributed by atoms with Gasteiger partial charge in [-0.2, -0.15) is 8.42 Å². The van der Waals surface area contributed by atoms with E-state index in [0.29, 0.717) is 12.3 Å². The molecule has 1 aliphatic rings. The van der Waals surface area contributed by atoms with Crippen molar-refractivity contribution in [1.29, 1.82) is 0 Å². The van der Waals surface area contributed by atoms with Crippen LogP contribution in [0.15, 0.2) is 59.5 Å². The number of para-hydroxylation sites is 1. The molecule has 3 rings (SSSR count). The van der Waals surface area contributed by atoms with E-state index in [2.05, 4.69) is 0 Å². The zero-order chi connectivity index (χ0) is 19.3. The summed E-state index contributed by atoms with van der Waals surface area (Å²) in [6, 6.07) is 15.1. The maximum atomic E-state index is 12.3. The molecule has 0 N–H and O–H groups in total. The van der Waals surface area contributed by atoms with Gasteiger partial charge in [-0.05, 0) is 31.2 Å². The second kappa shape index (κ2) is 8.51. The van der Waals surface area contributed by atoms with Crippen molar-refractivity contribution in [3.05, 3.63) is 60.2 Å². The van der Waals surface area contributed by atoms with Crippen LogP contribution < -0.4 is 4.74 Å². The van der Waals surface area contributed by atoms with E-state index in [1.807, 2.05) is 13.0 Å². The van der Waals surface area contributed by atoms with Crippen LogP contribution in [0.3, 0.4) is 0 Å². The Balaban J connectivity index is 1.55. The van der Waals surface area contributed by atoms with Gasteiger partial charge in [-0.3, -0.25) is 4.18 Å². The van der Waals surface area contributed by atoms with E-state index in [1.165, 1.54) is 17.0 Å². The van der Waals surface area contributed by atoms with Gasteiger partial charge in [0.05, 0.1) is 24.7 Å². The van der Waals surface area contributed by atoms with Gasteiger partial charge in [0.25, 0.3) is 10.1 Å². The van der Waals surface area contributed by atoms with Gasteiger partial charge in [-0.15, -0.1) is 0 Å². The summed E-state index contributed by atoms with van der Waals surface area (Å²) in [5.41, 5.74) is 0.956. The highest BCUT2D eigenvalue weighted by atomic mass is 32.2. The molecule has 0 spiro atoms. The largest absolute Gasteiger partial charge is 0.415 e. The first-order valence-electron chi connectivity index (χ1n) is 8.53. The Morgan fingerprint density at radius 3 is 2.56 bits per heavy atom. The smallest absolute Gasteiger partial charge is 0.410 e. The molecule has 0 bridgehead atoms. The van der Waals surface area contributed by atoms with Crippen LogP contribution >= 0.6 is 0 Å². The molecule has 1 unspecified atom stereocenters. The number of aryl methyl sites for hydroxylation is 1. The molecule has 144 valence electrons. The molecule has 1 saturated heterocycles. The molecule has 8 heteroatoms. The number of carbonyl (C=O) groups is 1. The Labute approximate surface area is 158 Å².